The van der Waals surface area contributed by atoms with Gasteiger partial charge >= 0.3 is 0 Å². The van der Waals surface area contributed by atoms with Crippen molar-refractivity contribution in [2.24, 2.45) is 10.9 Å². The maximum absolute atomic E-state index is 5.35. The largest absolute Gasteiger partial charge is 0.379 e. The van der Waals surface area contributed by atoms with Gasteiger partial charge in [0, 0.05) is 24.9 Å². The third-order valence-electron chi connectivity index (χ3n) is 3.86. The lowest BCUT2D eigenvalue weighted by Crippen LogP contribution is -2.38. The SMILES string of the molecule is C(CNC1=NCC(C2CC2)S1)CN1CCOCC1. The Morgan fingerprint density at radius 2 is 2.17 bits per heavy atom. The zero-order valence-corrected chi connectivity index (χ0v) is 11.8. The molecule has 2 heterocycles. The molecule has 1 atom stereocenters. The first kappa shape index (κ1) is 12.8. The summed E-state index contributed by atoms with van der Waals surface area (Å²) < 4.78 is 5.35. The quantitative estimate of drug-likeness (QED) is 0.761. The molecule has 1 aliphatic carbocycles. The van der Waals surface area contributed by atoms with Crippen LogP contribution in [0, 0.1) is 5.92 Å². The molecule has 5 heteroatoms. The molecule has 0 bridgehead atoms. The van der Waals surface area contributed by atoms with E-state index in [1.807, 2.05) is 11.8 Å². The summed E-state index contributed by atoms with van der Waals surface area (Å²) in [4.78, 5) is 7.09. The predicted molar refractivity (Wildman–Crippen MR) is 76.3 cm³/mol. The van der Waals surface area contributed by atoms with E-state index in [1.165, 1.54) is 31.0 Å². The van der Waals surface area contributed by atoms with Crippen LogP contribution in [0.5, 0.6) is 0 Å². The molecule has 0 radical (unpaired) electrons. The van der Waals surface area contributed by atoms with Crippen LogP contribution in [0.1, 0.15) is 19.3 Å². The van der Waals surface area contributed by atoms with Crippen molar-refractivity contribution in [3.63, 3.8) is 0 Å². The van der Waals surface area contributed by atoms with Gasteiger partial charge in [-0.2, -0.15) is 0 Å². The number of thioether (sulfide) groups is 1. The smallest absolute Gasteiger partial charge is 0.156 e. The van der Waals surface area contributed by atoms with Gasteiger partial charge in [-0.1, -0.05) is 11.8 Å². The van der Waals surface area contributed by atoms with E-state index in [0.717, 1.165) is 50.6 Å². The first-order valence-corrected chi connectivity index (χ1v) is 8.05. The van der Waals surface area contributed by atoms with Crippen molar-refractivity contribution in [2.75, 3.05) is 45.9 Å². The summed E-state index contributed by atoms with van der Waals surface area (Å²) in [6.07, 6.45) is 4.06. The van der Waals surface area contributed by atoms with E-state index < -0.39 is 0 Å². The van der Waals surface area contributed by atoms with Crippen molar-refractivity contribution >= 4 is 16.9 Å². The number of ether oxygens (including phenoxy) is 1. The van der Waals surface area contributed by atoms with Crippen LogP contribution in [0.2, 0.25) is 0 Å². The summed E-state index contributed by atoms with van der Waals surface area (Å²) in [6.45, 7) is 7.28. The molecule has 0 amide bonds. The van der Waals surface area contributed by atoms with Crippen LogP contribution >= 0.6 is 11.8 Å². The van der Waals surface area contributed by atoms with Gasteiger partial charge in [0.1, 0.15) is 0 Å². The van der Waals surface area contributed by atoms with Crippen LogP contribution in [-0.4, -0.2) is 61.3 Å². The molecule has 0 aromatic carbocycles. The molecule has 102 valence electrons. The third-order valence-corrected chi connectivity index (χ3v) is 5.19. The van der Waals surface area contributed by atoms with Crippen molar-refractivity contribution in [1.82, 2.24) is 10.2 Å². The summed E-state index contributed by atoms with van der Waals surface area (Å²) in [6, 6.07) is 0. The highest BCUT2D eigenvalue weighted by Crippen LogP contribution is 2.41. The molecule has 4 nitrogen and oxygen atoms in total. The van der Waals surface area contributed by atoms with Gasteiger partial charge < -0.3 is 10.1 Å². The van der Waals surface area contributed by atoms with Crippen LogP contribution in [0.15, 0.2) is 4.99 Å². The Bertz CT molecular complexity index is 301. The Kier molecular flexibility index (Phi) is 4.44. The molecule has 1 saturated heterocycles. The first-order chi connectivity index (χ1) is 8.92. The van der Waals surface area contributed by atoms with Gasteiger partial charge in [0.15, 0.2) is 5.17 Å². The van der Waals surface area contributed by atoms with Crippen LogP contribution in [0.25, 0.3) is 0 Å². The molecule has 0 aromatic rings. The number of morpholine rings is 1. The van der Waals surface area contributed by atoms with Gasteiger partial charge in [0.05, 0.1) is 19.8 Å². The third kappa shape index (κ3) is 3.62. The van der Waals surface area contributed by atoms with Crippen molar-refractivity contribution in [1.29, 1.82) is 0 Å². The summed E-state index contributed by atoms with van der Waals surface area (Å²) in [5, 5.41) is 5.46. The molecule has 1 saturated carbocycles. The average Bonchev–Trinajstić information content (AvgIpc) is 3.16. The average molecular weight is 269 g/mol. The number of nitrogens with one attached hydrogen (secondary N) is 1. The van der Waals surface area contributed by atoms with E-state index in [0.29, 0.717) is 0 Å². The summed E-state index contributed by atoms with van der Waals surface area (Å²) in [5.41, 5.74) is 0. The molecule has 2 aliphatic heterocycles. The van der Waals surface area contributed by atoms with E-state index in [1.54, 1.807) is 0 Å². The number of rotatable bonds is 5. The first-order valence-electron chi connectivity index (χ1n) is 7.17. The highest BCUT2D eigenvalue weighted by atomic mass is 32.2. The number of aliphatic imine (C=N–C) groups is 1. The Morgan fingerprint density at radius 1 is 1.33 bits per heavy atom. The number of hydrogen-bond donors (Lipinski definition) is 1. The van der Waals surface area contributed by atoms with E-state index in [-0.39, 0.29) is 0 Å². The molecule has 0 aromatic heterocycles. The second-order valence-electron chi connectivity index (χ2n) is 5.37. The standard InChI is InChI=1S/C13H23N3OS/c1(5-16-6-8-17-9-7-16)4-14-13-15-10-12(18-13)11-2-3-11/h11-12H,1-10H2,(H,14,15). The Labute approximate surface area is 114 Å². The zero-order chi connectivity index (χ0) is 12.2. The van der Waals surface area contributed by atoms with Crippen LogP contribution in [0.3, 0.4) is 0 Å². The summed E-state index contributed by atoms with van der Waals surface area (Å²) in [7, 11) is 0. The fourth-order valence-electron chi connectivity index (χ4n) is 2.52. The maximum atomic E-state index is 5.35. The molecule has 3 rings (SSSR count). The monoisotopic (exact) mass is 269 g/mol. The summed E-state index contributed by atoms with van der Waals surface area (Å²) >= 11 is 1.97. The van der Waals surface area contributed by atoms with E-state index >= 15 is 0 Å². The Balaban J connectivity index is 1.26. The molecule has 3 aliphatic rings. The summed E-state index contributed by atoms with van der Waals surface area (Å²) in [5.74, 6) is 0.964. The fraction of sp³-hybridized carbons (Fsp3) is 0.923. The number of nitrogens with zero attached hydrogens (tertiary/aromatic N) is 2. The topological polar surface area (TPSA) is 36.9 Å². The second kappa shape index (κ2) is 6.26. The van der Waals surface area contributed by atoms with E-state index in [4.69, 9.17) is 4.74 Å². The van der Waals surface area contributed by atoms with Gasteiger partial charge in [-0.15, -0.1) is 0 Å². The van der Waals surface area contributed by atoms with E-state index in [9.17, 15) is 0 Å². The lowest BCUT2D eigenvalue weighted by Gasteiger charge is -2.26. The van der Waals surface area contributed by atoms with Gasteiger partial charge in [0.2, 0.25) is 0 Å². The van der Waals surface area contributed by atoms with Gasteiger partial charge in [-0.05, 0) is 31.7 Å². The Morgan fingerprint density at radius 3 is 2.94 bits per heavy atom. The zero-order valence-electron chi connectivity index (χ0n) is 10.9. The number of hydrogen-bond acceptors (Lipinski definition) is 5. The lowest BCUT2D eigenvalue weighted by atomic mass is 10.3. The van der Waals surface area contributed by atoms with Crippen molar-refractivity contribution < 1.29 is 4.74 Å². The molecule has 2 fully saturated rings. The molecule has 18 heavy (non-hydrogen) atoms. The second-order valence-corrected chi connectivity index (χ2v) is 6.60. The number of amidine groups is 1. The van der Waals surface area contributed by atoms with E-state index in [2.05, 4.69) is 15.2 Å². The molecule has 1 N–H and O–H groups in total. The minimum absolute atomic E-state index is 0.784. The molecular weight excluding hydrogens is 246 g/mol. The van der Waals surface area contributed by atoms with Crippen LogP contribution in [-0.2, 0) is 4.74 Å². The fourth-order valence-corrected chi connectivity index (χ4v) is 3.76. The van der Waals surface area contributed by atoms with Crippen LogP contribution in [0.4, 0.5) is 0 Å². The van der Waals surface area contributed by atoms with Crippen molar-refractivity contribution in [2.45, 2.75) is 24.5 Å². The lowest BCUT2D eigenvalue weighted by molar-refractivity contribution is 0.0376. The van der Waals surface area contributed by atoms with Crippen molar-refractivity contribution in [3.05, 3.63) is 0 Å². The highest BCUT2D eigenvalue weighted by Gasteiger charge is 2.35. The molecule has 1 unspecified atom stereocenters. The van der Waals surface area contributed by atoms with Crippen molar-refractivity contribution in [3.8, 4) is 0 Å². The molecule has 0 spiro atoms. The minimum atomic E-state index is 0.784. The van der Waals surface area contributed by atoms with Gasteiger partial charge in [-0.3, -0.25) is 9.89 Å². The van der Waals surface area contributed by atoms with Gasteiger partial charge in [-0.25, -0.2) is 0 Å². The molecular formula is C13H23N3OS. The predicted octanol–water partition coefficient (Wildman–Crippen LogP) is 1.18. The van der Waals surface area contributed by atoms with Gasteiger partial charge in [0.25, 0.3) is 0 Å². The maximum Gasteiger partial charge on any atom is 0.156 e. The Hall–Kier alpha value is -0.260. The normalized spacial score (nSPS) is 29.3. The van der Waals surface area contributed by atoms with Crippen LogP contribution < -0.4 is 5.32 Å². The minimum Gasteiger partial charge on any atom is -0.379 e. The highest BCUT2D eigenvalue weighted by molar-refractivity contribution is 8.14.